The number of hydrogen-bond donors (Lipinski definition) is 2. The van der Waals surface area contributed by atoms with Crippen LogP contribution in [-0.2, 0) is 4.79 Å². The van der Waals surface area contributed by atoms with E-state index in [0.717, 1.165) is 6.42 Å². The molecule has 1 amide bonds. The second-order valence-corrected chi connectivity index (χ2v) is 6.14. The third-order valence-electron chi connectivity index (χ3n) is 4.10. The molecule has 4 heteroatoms. The summed E-state index contributed by atoms with van der Waals surface area (Å²) in [5.74, 6) is 0.695. The van der Waals surface area contributed by atoms with Crippen LogP contribution in [0.3, 0.4) is 0 Å². The van der Waals surface area contributed by atoms with Gasteiger partial charge in [-0.2, -0.15) is 0 Å². The second kappa shape index (κ2) is 6.16. The Labute approximate surface area is 120 Å². The number of carbonyl (C=O) groups is 1. The lowest BCUT2D eigenvalue weighted by Crippen LogP contribution is -2.41. The normalized spacial score (nSPS) is 20.6. The van der Waals surface area contributed by atoms with Crippen LogP contribution in [-0.4, -0.2) is 18.6 Å². The maximum Gasteiger partial charge on any atom is 0.223 e. The zero-order valence-corrected chi connectivity index (χ0v) is 12.3. The average molecular weight is 276 g/mol. The van der Waals surface area contributed by atoms with Crippen molar-refractivity contribution in [2.45, 2.75) is 45.6 Å². The quantitative estimate of drug-likeness (QED) is 0.813. The van der Waals surface area contributed by atoms with Crippen LogP contribution in [0, 0.1) is 5.41 Å². The average Bonchev–Trinajstić information content (AvgIpc) is 2.71. The van der Waals surface area contributed by atoms with Gasteiger partial charge in [-0.15, -0.1) is 0 Å². The molecule has 1 aliphatic rings. The molecule has 0 radical (unpaired) electrons. The van der Waals surface area contributed by atoms with Gasteiger partial charge in [0.25, 0.3) is 0 Å². The van der Waals surface area contributed by atoms with E-state index in [-0.39, 0.29) is 17.4 Å². The van der Waals surface area contributed by atoms with E-state index in [0.29, 0.717) is 24.5 Å². The number of anilines is 1. The predicted octanol–water partition coefficient (Wildman–Crippen LogP) is 2.73. The zero-order valence-electron chi connectivity index (χ0n) is 12.3. The summed E-state index contributed by atoms with van der Waals surface area (Å²) < 4.78 is 5.54. The summed E-state index contributed by atoms with van der Waals surface area (Å²) >= 11 is 0. The van der Waals surface area contributed by atoms with E-state index in [4.69, 9.17) is 10.5 Å². The Bertz CT molecular complexity index is 471. The van der Waals surface area contributed by atoms with E-state index in [1.165, 1.54) is 12.8 Å². The van der Waals surface area contributed by atoms with Gasteiger partial charge < -0.3 is 15.8 Å². The van der Waals surface area contributed by atoms with Crippen LogP contribution in [0.5, 0.6) is 5.75 Å². The van der Waals surface area contributed by atoms with E-state index in [1.807, 2.05) is 18.2 Å². The van der Waals surface area contributed by atoms with Crippen LogP contribution in [0.25, 0.3) is 0 Å². The van der Waals surface area contributed by atoms with E-state index >= 15 is 0 Å². The number of nitrogens with one attached hydrogen (secondary N) is 1. The highest BCUT2D eigenvalue weighted by Gasteiger charge is 2.35. The maximum absolute atomic E-state index is 11.9. The van der Waals surface area contributed by atoms with Crippen LogP contribution in [0.2, 0.25) is 0 Å². The van der Waals surface area contributed by atoms with Gasteiger partial charge in [0.1, 0.15) is 5.75 Å². The van der Waals surface area contributed by atoms with Crippen molar-refractivity contribution in [1.82, 2.24) is 5.32 Å². The number of benzene rings is 1. The zero-order chi connectivity index (χ0) is 14.6. The molecule has 1 aromatic rings. The van der Waals surface area contributed by atoms with E-state index in [2.05, 4.69) is 19.2 Å². The molecule has 4 nitrogen and oxygen atoms in total. The number of para-hydroxylation sites is 2. The number of hydrogen-bond acceptors (Lipinski definition) is 3. The lowest BCUT2D eigenvalue weighted by Gasteiger charge is -2.27. The molecule has 20 heavy (non-hydrogen) atoms. The summed E-state index contributed by atoms with van der Waals surface area (Å²) in [5, 5.41) is 3.12. The molecule has 0 saturated heterocycles. The first-order valence-electron chi connectivity index (χ1n) is 7.26. The van der Waals surface area contributed by atoms with Crippen molar-refractivity contribution >= 4 is 11.6 Å². The fraction of sp³-hybridized carbons (Fsp3) is 0.562. The van der Waals surface area contributed by atoms with Crippen LogP contribution >= 0.6 is 0 Å². The van der Waals surface area contributed by atoms with Crippen molar-refractivity contribution in [1.29, 1.82) is 0 Å². The number of nitrogen functional groups attached to an aromatic ring is 1. The Balaban J connectivity index is 1.75. The maximum atomic E-state index is 11.9. The highest BCUT2D eigenvalue weighted by atomic mass is 16.5. The molecule has 1 atom stereocenters. The number of ether oxygens (including phenoxy) is 1. The molecule has 110 valence electrons. The molecule has 3 N–H and O–H groups in total. The molecular weight excluding hydrogens is 252 g/mol. The Hall–Kier alpha value is -1.71. The molecule has 0 aliphatic heterocycles. The first kappa shape index (κ1) is 14.7. The second-order valence-electron chi connectivity index (χ2n) is 6.14. The number of nitrogens with two attached hydrogens (primary N) is 1. The number of carbonyl (C=O) groups excluding carboxylic acids is 1. The van der Waals surface area contributed by atoms with Gasteiger partial charge in [0.05, 0.1) is 18.7 Å². The molecule has 1 aliphatic carbocycles. The van der Waals surface area contributed by atoms with Crippen molar-refractivity contribution in [3.05, 3.63) is 24.3 Å². The summed E-state index contributed by atoms with van der Waals surface area (Å²) in [6.45, 7) is 4.78. The van der Waals surface area contributed by atoms with E-state index in [9.17, 15) is 4.79 Å². The minimum atomic E-state index is 0.0551. The minimum Gasteiger partial charge on any atom is -0.491 e. The molecule has 1 fully saturated rings. The summed E-state index contributed by atoms with van der Waals surface area (Å²) in [6.07, 6.45) is 3.80. The molecule has 1 unspecified atom stereocenters. The van der Waals surface area contributed by atoms with Crippen molar-refractivity contribution in [3.8, 4) is 5.75 Å². The van der Waals surface area contributed by atoms with Crippen LogP contribution in [0.15, 0.2) is 24.3 Å². The summed E-state index contributed by atoms with van der Waals surface area (Å²) in [7, 11) is 0. The van der Waals surface area contributed by atoms with Gasteiger partial charge in [0, 0.05) is 6.04 Å². The molecule has 1 saturated carbocycles. The third kappa shape index (κ3) is 3.65. The first-order chi connectivity index (χ1) is 9.49. The monoisotopic (exact) mass is 276 g/mol. The predicted molar refractivity (Wildman–Crippen MR) is 80.5 cm³/mol. The Morgan fingerprint density at radius 2 is 2.20 bits per heavy atom. The van der Waals surface area contributed by atoms with Crippen LogP contribution < -0.4 is 15.8 Å². The van der Waals surface area contributed by atoms with Gasteiger partial charge in [0.15, 0.2) is 0 Å². The van der Waals surface area contributed by atoms with E-state index in [1.54, 1.807) is 6.07 Å². The molecule has 0 heterocycles. The van der Waals surface area contributed by atoms with Gasteiger partial charge in [-0.25, -0.2) is 0 Å². The fourth-order valence-electron chi connectivity index (χ4n) is 2.73. The van der Waals surface area contributed by atoms with Crippen molar-refractivity contribution in [3.63, 3.8) is 0 Å². The number of amides is 1. The van der Waals surface area contributed by atoms with Crippen LogP contribution in [0.4, 0.5) is 5.69 Å². The topological polar surface area (TPSA) is 64.3 Å². The van der Waals surface area contributed by atoms with E-state index < -0.39 is 0 Å². The summed E-state index contributed by atoms with van der Waals surface area (Å²) in [5.41, 5.74) is 6.59. The molecule has 1 aromatic carbocycles. The molecule has 0 aromatic heterocycles. The highest BCUT2D eigenvalue weighted by molar-refractivity contribution is 5.76. The number of rotatable bonds is 5. The van der Waals surface area contributed by atoms with Crippen molar-refractivity contribution in [2.24, 2.45) is 5.41 Å². The Kier molecular flexibility index (Phi) is 4.53. The van der Waals surface area contributed by atoms with Gasteiger partial charge in [-0.1, -0.05) is 32.4 Å². The Morgan fingerprint density at radius 3 is 2.85 bits per heavy atom. The highest BCUT2D eigenvalue weighted by Crippen LogP contribution is 2.37. The van der Waals surface area contributed by atoms with Gasteiger partial charge >= 0.3 is 0 Å². The van der Waals surface area contributed by atoms with Crippen LogP contribution in [0.1, 0.15) is 39.5 Å². The smallest absolute Gasteiger partial charge is 0.223 e. The molecule has 0 bridgehead atoms. The van der Waals surface area contributed by atoms with Gasteiger partial charge in [-0.3, -0.25) is 4.79 Å². The standard InChI is InChI=1S/C16H24N2O2/c1-16(2)10-5-8-14(16)18-15(19)9-11-20-13-7-4-3-6-12(13)17/h3-4,6-7,14H,5,8-11,17H2,1-2H3,(H,18,19). The van der Waals surface area contributed by atoms with Gasteiger partial charge in [0.2, 0.25) is 5.91 Å². The lowest BCUT2D eigenvalue weighted by atomic mass is 9.87. The minimum absolute atomic E-state index is 0.0551. The summed E-state index contributed by atoms with van der Waals surface area (Å²) in [4.78, 5) is 11.9. The van der Waals surface area contributed by atoms with Crippen molar-refractivity contribution < 1.29 is 9.53 Å². The first-order valence-corrected chi connectivity index (χ1v) is 7.26. The molecular formula is C16H24N2O2. The van der Waals surface area contributed by atoms with Crippen molar-refractivity contribution in [2.75, 3.05) is 12.3 Å². The SMILES string of the molecule is CC1(C)CCCC1NC(=O)CCOc1ccccc1N. The molecule has 0 spiro atoms. The lowest BCUT2D eigenvalue weighted by molar-refractivity contribution is -0.122. The Morgan fingerprint density at radius 1 is 1.45 bits per heavy atom. The summed E-state index contributed by atoms with van der Waals surface area (Å²) in [6, 6.07) is 7.62. The third-order valence-corrected chi connectivity index (χ3v) is 4.10. The largest absolute Gasteiger partial charge is 0.491 e. The van der Waals surface area contributed by atoms with Gasteiger partial charge in [-0.05, 0) is 30.4 Å². The molecule has 2 rings (SSSR count). The fourth-order valence-corrected chi connectivity index (χ4v) is 2.73.